The molecule has 0 aliphatic heterocycles. The van der Waals surface area contributed by atoms with Gasteiger partial charge in [0.05, 0.1) is 11.5 Å². The van der Waals surface area contributed by atoms with Crippen molar-refractivity contribution in [2.45, 2.75) is 31.7 Å². The van der Waals surface area contributed by atoms with Crippen LogP contribution in [0.3, 0.4) is 0 Å². The number of thiol groups is 1. The Bertz CT molecular complexity index is 509. The van der Waals surface area contributed by atoms with Crippen LogP contribution in [0.5, 0.6) is 0 Å². The van der Waals surface area contributed by atoms with Gasteiger partial charge in [-0.05, 0) is 49.0 Å². The van der Waals surface area contributed by atoms with Crippen molar-refractivity contribution < 1.29 is 23.1 Å². The summed E-state index contributed by atoms with van der Waals surface area (Å²) in [6.07, 6.45) is -1.81. The number of thioether (sulfide) groups is 1. The highest BCUT2D eigenvalue weighted by atomic mass is 32.2. The van der Waals surface area contributed by atoms with Gasteiger partial charge in [-0.2, -0.15) is 37.6 Å². The van der Waals surface area contributed by atoms with Gasteiger partial charge in [-0.3, -0.25) is 4.79 Å². The molecule has 1 aromatic rings. The lowest BCUT2D eigenvalue weighted by molar-refractivity contribution is -0.137. The number of carbonyl (C=O) groups excluding carboxylic acids is 1. The smallest absolute Gasteiger partial charge is 0.374 e. The molecule has 0 bridgehead atoms. The number of aliphatic hydroxyl groups is 1. The summed E-state index contributed by atoms with van der Waals surface area (Å²) in [5.41, 5.74) is -0.101. The Kier molecular flexibility index (Phi) is 9.01. The van der Waals surface area contributed by atoms with Crippen LogP contribution in [-0.4, -0.2) is 35.0 Å². The van der Waals surface area contributed by atoms with Gasteiger partial charge in [0.1, 0.15) is 6.23 Å². The number of amides is 1. The second-order valence-corrected chi connectivity index (χ2v) is 6.79. The van der Waals surface area contributed by atoms with E-state index in [1.54, 1.807) is 11.8 Å². The van der Waals surface area contributed by atoms with E-state index in [4.69, 9.17) is 0 Å². The molecule has 2 atom stereocenters. The van der Waals surface area contributed by atoms with Crippen molar-refractivity contribution in [3.63, 3.8) is 0 Å². The lowest BCUT2D eigenvalue weighted by atomic mass is 9.99. The van der Waals surface area contributed by atoms with Crippen molar-refractivity contribution in [3.8, 4) is 0 Å². The number of halogens is 3. The van der Waals surface area contributed by atoms with E-state index >= 15 is 0 Å². The van der Waals surface area contributed by atoms with Crippen molar-refractivity contribution in [2.24, 2.45) is 5.92 Å². The van der Waals surface area contributed by atoms with Crippen molar-refractivity contribution in [1.82, 2.24) is 5.32 Å². The number of carbonyl (C=O) groups is 1. The summed E-state index contributed by atoms with van der Waals surface area (Å²) in [5, 5.41) is 12.3. The van der Waals surface area contributed by atoms with Gasteiger partial charge in [0.25, 0.3) is 0 Å². The third-order valence-electron chi connectivity index (χ3n) is 3.49. The molecular weight excluding hydrogens is 359 g/mol. The molecule has 24 heavy (non-hydrogen) atoms. The molecule has 0 fully saturated rings. The minimum absolute atomic E-state index is 0.240. The number of hydrogen-bond donors (Lipinski definition) is 3. The van der Waals surface area contributed by atoms with Crippen LogP contribution in [0.4, 0.5) is 13.2 Å². The predicted molar refractivity (Wildman–Crippen MR) is 94.3 cm³/mol. The molecule has 0 spiro atoms. The molecule has 0 saturated carbocycles. The van der Waals surface area contributed by atoms with Crippen LogP contribution in [0.1, 0.15) is 24.0 Å². The summed E-state index contributed by atoms with van der Waals surface area (Å²) >= 11 is 5.80. The molecule has 0 aliphatic rings. The maximum absolute atomic E-state index is 12.5. The van der Waals surface area contributed by atoms with E-state index in [0.29, 0.717) is 12.0 Å². The summed E-state index contributed by atoms with van der Waals surface area (Å²) in [4.78, 5) is 12.1. The van der Waals surface area contributed by atoms with Gasteiger partial charge in [-0.25, -0.2) is 0 Å². The van der Waals surface area contributed by atoms with Crippen molar-refractivity contribution in [2.75, 3.05) is 17.8 Å². The third-order valence-corrected chi connectivity index (χ3v) is 4.63. The number of rotatable bonds is 9. The fourth-order valence-electron chi connectivity index (χ4n) is 2.13. The van der Waals surface area contributed by atoms with Crippen LogP contribution in [0, 0.1) is 5.92 Å². The highest BCUT2D eigenvalue weighted by Crippen LogP contribution is 2.29. The van der Waals surface area contributed by atoms with Gasteiger partial charge >= 0.3 is 6.18 Å². The lowest BCUT2D eigenvalue weighted by Crippen LogP contribution is -2.40. The molecule has 1 rings (SSSR count). The SMILES string of the molecule is CSCCCC(O)NC(=O)C(CS)Cc1ccc(C(F)(F)F)cc1. The summed E-state index contributed by atoms with van der Waals surface area (Å²) in [7, 11) is 0. The number of aliphatic hydroxyl groups excluding tert-OH is 1. The quantitative estimate of drug-likeness (QED) is 0.349. The Balaban J connectivity index is 2.58. The molecule has 3 nitrogen and oxygen atoms in total. The van der Waals surface area contributed by atoms with Gasteiger partial charge in [-0.15, -0.1) is 0 Å². The number of nitrogens with one attached hydrogen (secondary N) is 1. The van der Waals surface area contributed by atoms with Crippen molar-refractivity contribution in [3.05, 3.63) is 35.4 Å². The maximum Gasteiger partial charge on any atom is 0.416 e. The second-order valence-electron chi connectivity index (χ2n) is 5.44. The first-order valence-electron chi connectivity index (χ1n) is 7.52. The second kappa shape index (κ2) is 10.2. The van der Waals surface area contributed by atoms with E-state index in [2.05, 4.69) is 17.9 Å². The number of alkyl halides is 3. The van der Waals surface area contributed by atoms with Crippen LogP contribution in [0.15, 0.2) is 24.3 Å². The van der Waals surface area contributed by atoms with E-state index < -0.39 is 23.9 Å². The topological polar surface area (TPSA) is 49.3 Å². The average Bonchev–Trinajstić information content (AvgIpc) is 2.52. The number of benzene rings is 1. The molecule has 0 saturated heterocycles. The zero-order valence-corrected chi connectivity index (χ0v) is 15.1. The third kappa shape index (κ3) is 7.36. The highest BCUT2D eigenvalue weighted by Gasteiger charge is 2.30. The molecular formula is C16H22F3NO2S2. The van der Waals surface area contributed by atoms with Crippen molar-refractivity contribution >= 4 is 30.3 Å². The maximum atomic E-state index is 12.5. The van der Waals surface area contributed by atoms with E-state index in [1.165, 1.54) is 12.1 Å². The Morgan fingerprint density at radius 1 is 1.33 bits per heavy atom. The van der Waals surface area contributed by atoms with Gasteiger partial charge in [0.15, 0.2) is 0 Å². The van der Waals surface area contributed by atoms with E-state index in [0.717, 1.165) is 24.3 Å². The largest absolute Gasteiger partial charge is 0.416 e. The first-order chi connectivity index (χ1) is 11.3. The fourth-order valence-corrected chi connectivity index (χ4v) is 2.88. The minimum atomic E-state index is -4.38. The Hall–Kier alpha value is -0.860. The molecule has 0 aliphatic carbocycles. The van der Waals surface area contributed by atoms with E-state index in [1.807, 2.05) is 6.26 Å². The van der Waals surface area contributed by atoms with Crippen LogP contribution < -0.4 is 5.32 Å². The number of hydrogen-bond acceptors (Lipinski definition) is 4. The van der Waals surface area contributed by atoms with E-state index in [9.17, 15) is 23.1 Å². The first-order valence-corrected chi connectivity index (χ1v) is 9.55. The molecule has 8 heteroatoms. The van der Waals surface area contributed by atoms with Gasteiger partial charge in [0, 0.05) is 5.75 Å². The molecule has 1 amide bonds. The highest BCUT2D eigenvalue weighted by molar-refractivity contribution is 7.98. The summed E-state index contributed by atoms with van der Waals surface area (Å²) < 4.78 is 37.6. The Morgan fingerprint density at radius 2 is 1.96 bits per heavy atom. The fraction of sp³-hybridized carbons (Fsp3) is 0.562. The standard InChI is InChI=1S/C16H22F3NO2S2/c1-24-8-2-3-14(21)20-15(22)12(10-23)9-11-4-6-13(7-5-11)16(17,18)19/h4-7,12,14,21,23H,2-3,8-10H2,1H3,(H,20,22). The molecule has 136 valence electrons. The van der Waals surface area contributed by atoms with Crippen LogP contribution in [0.2, 0.25) is 0 Å². The summed E-state index contributed by atoms with van der Waals surface area (Å²) in [5.74, 6) is 0.278. The van der Waals surface area contributed by atoms with Gasteiger partial charge in [-0.1, -0.05) is 12.1 Å². The molecule has 0 aromatic heterocycles. The first kappa shape index (κ1) is 21.2. The molecule has 2 unspecified atom stereocenters. The monoisotopic (exact) mass is 381 g/mol. The lowest BCUT2D eigenvalue weighted by Gasteiger charge is -2.18. The zero-order chi connectivity index (χ0) is 18.2. The van der Waals surface area contributed by atoms with Gasteiger partial charge in [0.2, 0.25) is 5.91 Å². The summed E-state index contributed by atoms with van der Waals surface area (Å²) in [6, 6.07) is 4.73. The average molecular weight is 381 g/mol. The molecule has 0 heterocycles. The predicted octanol–water partition coefficient (Wildman–Crippen LogP) is 3.37. The van der Waals surface area contributed by atoms with Crippen molar-refractivity contribution in [1.29, 1.82) is 0 Å². The van der Waals surface area contributed by atoms with Crippen LogP contribution in [0.25, 0.3) is 0 Å². The normalized spacial score (nSPS) is 14.2. The zero-order valence-electron chi connectivity index (χ0n) is 13.3. The Morgan fingerprint density at radius 3 is 2.46 bits per heavy atom. The Labute approximate surface area is 149 Å². The summed E-state index contributed by atoms with van der Waals surface area (Å²) in [6.45, 7) is 0. The van der Waals surface area contributed by atoms with E-state index in [-0.39, 0.29) is 18.1 Å². The molecule has 0 radical (unpaired) electrons. The van der Waals surface area contributed by atoms with Gasteiger partial charge < -0.3 is 10.4 Å². The molecule has 2 N–H and O–H groups in total. The molecule has 1 aromatic carbocycles. The minimum Gasteiger partial charge on any atom is -0.374 e. The van der Waals surface area contributed by atoms with Crippen LogP contribution >= 0.6 is 24.4 Å². The van der Waals surface area contributed by atoms with Crippen LogP contribution in [-0.2, 0) is 17.4 Å².